The molecule has 0 aliphatic heterocycles. The molecule has 2 nitrogen and oxygen atoms in total. The number of rotatable bonds is 7. The molecule has 0 amide bonds. The van der Waals surface area contributed by atoms with E-state index in [2.05, 4.69) is 237 Å². The van der Waals surface area contributed by atoms with Gasteiger partial charge in [0, 0.05) is 33.1 Å². The SMILES string of the molecule is CC1(C)c2ccccc2-c2cccc(-c3ccc(N(c4cccc(-c5cccc6oc7ccccc7c56)c4)c4cc(-c5ccc6ccccc6c5)ccc4-c4ccccc4)cc3)c21. The van der Waals surface area contributed by atoms with Gasteiger partial charge < -0.3 is 9.32 Å². The molecule has 12 rings (SSSR count). The highest BCUT2D eigenvalue weighted by Gasteiger charge is 2.37. The molecule has 0 saturated heterocycles. The summed E-state index contributed by atoms with van der Waals surface area (Å²) >= 11 is 0. The summed E-state index contributed by atoms with van der Waals surface area (Å²) in [6.45, 7) is 4.73. The van der Waals surface area contributed by atoms with Gasteiger partial charge in [-0.25, -0.2) is 0 Å². The van der Waals surface area contributed by atoms with E-state index in [1.807, 2.05) is 6.07 Å². The molecule has 11 aromatic rings. The number of fused-ring (bicyclic) bond motifs is 7. The van der Waals surface area contributed by atoms with Crippen molar-refractivity contribution in [3.8, 4) is 55.6 Å². The maximum absolute atomic E-state index is 6.37. The maximum atomic E-state index is 6.37. The van der Waals surface area contributed by atoms with Crippen LogP contribution in [0.25, 0.3) is 88.3 Å². The van der Waals surface area contributed by atoms with E-state index in [0.29, 0.717) is 0 Å². The molecule has 1 aliphatic carbocycles. The van der Waals surface area contributed by atoms with Crippen molar-refractivity contribution in [2.75, 3.05) is 4.90 Å². The molecule has 0 unspecified atom stereocenters. The molecular formula is C61H43NO. The van der Waals surface area contributed by atoms with Gasteiger partial charge in [-0.2, -0.15) is 0 Å². The lowest BCUT2D eigenvalue weighted by molar-refractivity contribution is 0.662. The average molecular weight is 806 g/mol. The Morgan fingerprint density at radius 2 is 0.984 bits per heavy atom. The first kappa shape index (κ1) is 36.9. The average Bonchev–Trinajstić information content (AvgIpc) is 3.84. The Morgan fingerprint density at radius 3 is 1.87 bits per heavy atom. The Hall–Kier alpha value is -7.94. The fourth-order valence-corrected chi connectivity index (χ4v) is 10.3. The van der Waals surface area contributed by atoms with Crippen molar-refractivity contribution in [2.24, 2.45) is 0 Å². The van der Waals surface area contributed by atoms with Gasteiger partial charge in [0.25, 0.3) is 0 Å². The number of para-hydroxylation sites is 1. The lowest BCUT2D eigenvalue weighted by Crippen LogP contribution is -2.16. The van der Waals surface area contributed by atoms with Crippen LogP contribution in [0.1, 0.15) is 25.0 Å². The lowest BCUT2D eigenvalue weighted by atomic mass is 9.79. The van der Waals surface area contributed by atoms with Crippen LogP contribution in [-0.4, -0.2) is 0 Å². The zero-order valence-corrected chi connectivity index (χ0v) is 35.2. The van der Waals surface area contributed by atoms with Crippen molar-refractivity contribution in [2.45, 2.75) is 19.3 Å². The minimum absolute atomic E-state index is 0.120. The van der Waals surface area contributed by atoms with Gasteiger partial charge in [-0.15, -0.1) is 0 Å². The van der Waals surface area contributed by atoms with Crippen molar-refractivity contribution >= 4 is 49.8 Å². The fourth-order valence-electron chi connectivity index (χ4n) is 10.3. The summed E-state index contributed by atoms with van der Waals surface area (Å²) in [4.78, 5) is 2.45. The highest BCUT2D eigenvalue weighted by atomic mass is 16.3. The first-order valence-electron chi connectivity index (χ1n) is 21.8. The van der Waals surface area contributed by atoms with Crippen LogP contribution in [0, 0.1) is 0 Å². The Labute approximate surface area is 368 Å². The van der Waals surface area contributed by atoms with Gasteiger partial charge >= 0.3 is 0 Å². The smallest absolute Gasteiger partial charge is 0.136 e. The molecule has 1 aromatic heterocycles. The second-order valence-electron chi connectivity index (χ2n) is 17.3. The highest BCUT2D eigenvalue weighted by molar-refractivity contribution is 6.12. The predicted octanol–water partition coefficient (Wildman–Crippen LogP) is 17.2. The van der Waals surface area contributed by atoms with E-state index >= 15 is 0 Å². The molecule has 0 fully saturated rings. The van der Waals surface area contributed by atoms with Gasteiger partial charge in [0.2, 0.25) is 0 Å². The molecule has 0 radical (unpaired) electrons. The molecule has 0 atom stereocenters. The van der Waals surface area contributed by atoms with E-state index in [0.717, 1.165) is 66.8 Å². The Bertz CT molecular complexity index is 3540. The second kappa shape index (κ2) is 14.6. The third kappa shape index (κ3) is 6.09. The normalized spacial score (nSPS) is 12.7. The number of hydrogen-bond acceptors (Lipinski definition) is 2. The largest absolute Gasteiger partial charge is 0.456 e. The number of hydrogen-bond donors (Lipinski definition) is 0. The topological polar surface area (TPSA) is 16.4 Å². The molecule has 10 aromatic carbocycles. The highest BCUT2D eigenvalue weighted by Crippen LogP contribution is 2.52. The third-order valence-corrected chi connectivity index (χ3v) is 13.2. The van der Waals surface area contributed by atoms with E-state index in [-0.39, 0.29) is 5.41 Å². The first-order valence-corrected chi connectivity index (χ1v) is 21.8. The van der Waals surface area contributed by atoms with Crippen LogP contribution in [-0.2, 0) is 5.41 Å². The van der Waals surface area contributed by atoms with Crippen LogP contribution in [0.5, 0.6) is 0 Å². The lowest BCUT2D eigenvalue weighted by Gasteiger charge is -2.29. The van der Waals surface area contributed by atoms with Gasteiger partial charge in [0.1, 0.15) is 11.2 Å². The van der Waals surface area contributed by atoms with E-state index in [9.17, 15) is 0 Å². The van der Waals surface area contributed by atoms with E-state index in [4.69, 9.17) is 4.42 Å². The number of anilines is 3. The quantitative estimate of drug-likeness (QED) is 0.160. The van der Waals surface area contributed by atoms with E-state index in [1.165, 1.54) is 49.7 Å². The minimum atomic E-state index is -0.120. The van der Waals surface area contributed by atoms with Crippen LogP contribution < -0.4 is 4.90 Å². The molecule has 1 heterocycles. The summed E-state index contributed by atoms with van der Waals surface area (Å²) < 4.78 is 6.37. The summed E-state index contributed by atoms with van der Waals surface area (Å²) in [6, 6.07) is 81.8. The van der Waals surface area contributed by atoms with Crippen molar-refractivity contribution in [3.05, 3.63) is 236 Å². The fraction of sp³-hybridized carbons (Fsp3) is 0.0492. The number of benzene rings is 10. The second-order valence-corrected chi connectivity index (χ2v) is 17.3. The van der Waals surface area contributed by atoms with Gasteiger partial charge in [-0.05, 0) is 121 Å². The predicted molar refractivity (Wildman–Crippen MR) is 265 cm³/mol. The van der Waals surface area contributed by atoms with Gasteiger partial charge in [-0.1, -0.05) is 190 Å². The van der Waals surface area contributed by atoms with Crippen LogP contribution in [0.4, 0.5) is 17.1 Å². The van der Waals surface area contributed by atoms with Gasteiger partial charge in [-0.3, -0.25) is 0 Å². The van der Waals surface area contributed by atoms with Crippen LogP contribution in [0.3, 0.4) is 0 Å². The van der Waals surface area contributed by atoms with Crippen molar-refractivity contribution in [1.29, 1.82) is 0 Å². The standard InChI is InChI=1S/C61H43NO/c1-61(2)55-26-10-8-21-52(55)53-25-13-24-51(60(53)61)42-31-34-47(35-32-42)62(48-20-12-19-46(38-48)50-23-14-28-58-59(50)54-22-9-11-27-57(54)63-58)56-39-45(33-36-49(56)41-16-4-3-5-17-41)44-30-29-40-15-6-7-18-43(40)37-44/h3-39H,1-2H3. The molecule has 0 N–H and O–H groups in total. The molecule has 0 spiro atoms. The summed E-state index contributed by atoms with van der Waals surface area (Å²) in [6.07, 6.45) is 0. The minimum Gasteiger partial charge on any atom is -0.456 e. The molecule has 1 aliphatic rings. The van der Waals surface area contributed by atoms with Gasteiger partial charge in [0.15, 0.2) is 0 Å². The summed E-state index contributed by atoms with van der Waals surface area (Å²) in [5.74, 6) is 0. The number of furan rings is 1. The first-order chi connectivity index (χ1) is 31.0. The molecule has 0 bridgehead atoms. The van der Waals surface area contributed by atoms with Crippen LogP contribution >= 0.6 is 0 Å². The van der Waals surface area contributed by atoms with Crippen LogP contribution in [0.15, 0.2) is 229 Å². The monoisotopic (exact) mass is 805 g/mol. The summed E-state index contributed by atoms with van der Waals surface area (Å²) in [7, 11) is 0. The molecule has 0 saturated carbocycles. The van der Waals surface area contributed by atoms with Crippen molar-refractivity contribution < 1.29 is 4.42 Å². The van der Waals surface area contributed by atoms with Crippen molar-refractivity contribution in [1.82, 2.24) is 0 Å². The Balaban J connectivity index is 1.06. The van der Waals surface area contributed by atoms with Crippen LogP contribution in [0.2, 0.25) is 0 Å². The van der Waals surface area contributed by atoms with Crippen molar-refractivity contribution in [3.63, 3.8) is 0 Å². The molecule has 298 valence electrons. The molecular weight excluding hydrogens is 763 g/mol. The zero-order valence-electron chi connectivity index (χ0n) is 35.2. The van der Waals surface area contributed by atoms with E-state index < -0.39 is 0 Å². The Kier molecular flexibility index (Phi) is 8.55. The third-order valence-electron chi connectivity index (χ3n) is 13.2. The summed E-state index contributed by atoms with van der Waals surface area (Å²) in [5, 5.41) is 4.71. The molecule has 2 heteroatoms. The summed E-state index contributed by atoms with van der Waals surface area (Å²) in [5.41, 5.74) is 19.7. The van der Waals surface area contributed by atoms with E-state index in [1.54, 1.807) is 0 Å². The number of nitrogens with zero attached hydrogens (tertiary/aromatic N) is 1. The zero-order chi connectivity index (χ0) is 42.1. The maximum Gasteiger partial charge on any atom is 0.136 e. The molecule has 63 heavy (non-hydrogen) atoms. The Morgan fingerprint density at radius 1 is 0.365 bits per heavy atom. The van der Waals surface area contributed by atoms with Gasteiger partial charge in [0.05, 0.1) is 5.69 Å².